The van der Waals surface area contributed by atoms with E-state index in [9.17, 15) is 4.79 Å². The van der Waals surface area contributed by atoms with E-state index in [0.717, 1.165) is 38.7 Å². The molecule has 2 atom stereocenters. The first-order valence-corrected chi connectivity index (χ1v) is 8.31. The van der Waals surface area contributed by atoms with Crippen LogP contribution in [0.3, 0.4) is 0 Å². The molecule has 0 bridgehead atoms. The molecule has 4 nitrogen and oxygen atoms in total. The molecule has 1 aromatic rings. The minimum absolute atomic E-state index is 0.0286. The van der Waals surface area contributed by atoms with Crippen molar-refractivity contribution in [1.82, 2.24) is 5.32 Å². The van der Waals surface area contributed by atoms with Gasteiger partial charge in [0.15, 0.2) is 0 Å². The average Bonchev–Trinajstić information content (AvgIpc) is 3.01. The third-order valence-corrected chi connectivity index (χ3v) is 4.60. The summed E-state index contributed by atoms with van der Waals surface area (Å²) < 4.78 is 11.0. The number of hydrogen-bond acceptors (Lipinski definition) is 3. The van der Waals surface area contributed by atoms with Crippen molar-refractivity contribution in [2.75, 3.05) is 19.8 Å². The largest absolute Gasteiger partial charge is 0.376 e. The molecule has 0 spiro atoms. The molecule has 3 rings (SSSR count). The second kappa shape index (κ2) is 7.25. The van der Waals surface area contributed by atoms with Gasteiger partial charge in [0, 0.05) is 6.61 Å². The summed E-state index contributed by atoms with van der Waals surface area (Å²) in [6, 6.07) is 6.53. The van der Waals surface area contributed by atoms with Crippen LogP contribution in [0.25, 0.3) is 0 Å². The van der Waals surface area contributed by atoms with Crippen LogP contribution in [0.4, 0.5) is 0 Å². The van der Waals surface area contributed by atoms with Gasteiger partial charge in [-0.25, -0.2) is 0 Å². The molecular weight excluding hydrogens is 278 g/mol. The van der Waals surface area contributed by atoms with E-state index in [2.05, 4.69) is 30.4 Å². The molecule has 1 aromatic carbocycles. The Morgan fingerprint density at radius 1 is 1.36 bits per heavy atom. The molecule has 1 amide bonds. The number of fused-ring (bicyclic) bond motifs is 1. The highest BCUT2D eigenvalue weighted by atomic mass is 16.5. The summed E-state index contributed by atoms with van der Waals surface area (Å²) in [6.45, 7) is 3.58. The van der Waals surface area contributed by atoms with Crippen LogP contribution in [0.5, 0.6) is 0 Å². The van der Waals surface area contributed by atoms with Crippen molar-refractivity contribution >= 4 is 5.91 Å². The van der Waals surface area contributed by atoms with E-state index in [1.807, 2.05) is 0 Å². The zero-order valence-electron chi connectivity index (χ0n) is 13.3. The third-order valence-electron chi connectivity index (χ3n) is 4.60. The van der Waals surface area contributed by atoms with E-state index in [4.69, 9.17) is 9.47 Å². The average molecular weight is 303 g/mol. The van der Waals surface area contributed by atoms with Crippen LogP contribution in [-0.4, -0.2) is 31.8 Å². The molecule has 2 unspecified atom stereocenters. The van der Waals surface area contributed by atoms with E-state index < -0.39 is 0 Å². The Balaban J connectivity index is 1.52. The van der Waals surface area contributed by atoms with Gasteiger partial charge in [-0.15, -0.1) is 0 Å². The molecule has 1 N–H and O–H groups in total. The Labute approximate surface area is 132 Å². The van der Waals surface area contributed by atoms with Gasteiger partial charge in [-0.3, -0.25) is 4.79 Å². The van der Waals surface area contributed by atoms with E-state index in [-0.39, 0.29) is 24.7 Å². The first kappa shape index (κ1) is 15.5. The fraction of sp³-hybridized carbons (Fsp3) is 0.611. The number of ether oxygens (including phenoxy) is 2. The van der Waals surface area contributed by atoms with Gasteiger partial charge in [0.2, 0.25) is 5.91 Å². The fourth-order valence-electron chi connectivity index (χ4n) is 3.54. The van der Waals surface area contributed by atoms with Crippen LogP contribution in [0, 0.1) is 6.92 Å². The van der Waals surface area contributed by atoms with Gasteiger partial charge >= 0.3 is 0 Å². The summed E-state index contributed by atoms with van der Waals surface area (Å²) in [5, 5.41) is 3.14. The minimum Gasteiger partial charge on any atom is -0.376 e. The number of hydrogen-bond donors (Lipinski definition) is 1. The predicted octanol–water partition coefficient (Wildman–Crippen LogP) is 2.68. The summed E-state index contributed by atoms with van der Waals surface area (Å²) in [7, 11) is 0. The lowest BCUT2D eigenvalue weighted by Gasteiger charge is -2.28. The number of benzene rings is 1. The Morgan fingerprint density at radius 3 is 3.09 bits per heavy atom. The molecule has 1 heterocycles. The lowest BCUT2D eigenvalue weighted by atomic mass is 9.85. The number of amides is 1. The smallest absolute Gasteiger partial charge is 0.246 e. The quantitative estimate of drug-likeness (QED) is 0.910. The van der Waals surface area contributed by atoms with Gasteiger partial charge in [-0.2, -0.15) is 0 Å². The van der Waals surface area contributed by atoms with Crippen LogP contribution < -0.4 is 5.32 Å². The summed E-state index contributed by atoms with van der Waals surface area (Å²) in [4.78, 5) is 12.1. The summed E-state index contributed by atoms with van der Waals surface area (Å²) in [5.41, 5.74) is 3.95. The Hall–Kier alpha value is -1.39. The lowest BCUT2D eigenvalue weighted by Crippen LogP contribution is -2.34. The minimum atomic E-state index is -0.0286. The van der Waals surface area contributed by atoms with Crippen molar-refractivity contribution in [3.8, 4) is 0 Å². The molecule has 22 heavy (non-hydrogen) atoms. The molecule has 0 aromatic heterocycles. The Kier molecular flexibility index (Phi) is 5.11. The highest BCUT2D eigenvalue weighted by Crippen LogP contribution is 2.32. The molecule has 2 aliphatic rings. The number of carbonyl (C=O) groups is 1. The van der Waals surface area contributed by atoms with Gasteiger partial charge in [-0.1, -0.05) is 18.2 Å². The van der Waals surface area contributed by atoms with E-state index in [1.165, 1.54) is 16.7 Å². The van der Waals surface area contributed by atoms with Crippen LogP contribution >= 0.6 is 0 Å². The van der Waals surface area contributed by atoms with Crippen molar-refractivity contribution in [2.45, 2.75) is 51.2 Å². The third kappa shape index (κ3) is 3.68. The molecule has 1 aliphatic heterocycles. The number of nitrogens with one attached hydrogen (secondary N) is 1. The molecular formula is C18H25NO3. The predicted molar refractivity (Wildman–Crippen MR) is 84.8 cm³/mol. The molecule has 1 saturated heterocycles. The second-order valence-corrected chi connectivity index (χ2v) is 6.31. The summed E-state index contributed by atoms with van der Waals surface area (Å²) in [6.07, 6.45) is 5.55. The first-order chi connectivity index (χ1) is 10.7. The van der Waals surface area contributed by atoms with Crippen LogP contribution in [0.1, 0.15) is 48.4 Å². The zero-order chi connectivity index (χ0) is 15.4. The van der Waals surface area contributed by atoms with Gasteiger partial charge in [-0.05, 0) is 55.7 Å². The molecule has 1 aliphatic carbocycles. The topological polar surface area (TPSA) is 47.6 Å². The van der Waals surface area contributed by atoms with Crippen molar-refractivity contribution in [1.29, 1.82) is 0 Å². The zero-order valence-corrected chi connectivity index (χ0v) is 13.3. The maximum atomic E-state index is 12.1. The van der Waals surface area contributed by atoms with Gasteiger partial charge < -0.3 is 14.8 Å². The lowest BCUT2D eigenvalue weighted by molar-refractivity contribution is -0.127. The molecule has 0 radical (unpaired) electrons. The fourth-order valence-corrected chi connectivity index (χ4v) is 3.54. The number of carbonyl (C=O) groups excluding carboxylic acids is 1. The highest BCUT2D eigenvalue weighted by Gasteiger charge is 2.23. The second-order valence-electron chi connectivity index (χ2n) is 6.31. The van der Waals surface area contributed by atoms with Crippen molar-refractivity contribution in [3.05, 3.63) is 34.9 Å². The molecule has 0 saturated carbocycles. The first-order valence-electron chi connectivity index (χ1n) is 8.31. The van der Waals surface area contributed by atoms with Gasteiger partial charge in [0.1, 0.15) is 6.61 Å². The van der Waals surface area contributed by atoms with Crippen molar-refractivity contribution in [2.24, 2.45) is 0 Å². The van der Waals surface area contributed by atoms with Gasteiger partial charge in [0.25, 0.3) is 0 Å². The highest BCUT2D eigenvalue weighted by molar-refractivity contribution is 5.77. The van der Waals surface area contributed by atoms with Crippen LogP contribution in [0.15, 0.2) is 18.2 Å². The van der Waals surface area contributed by atoms with E-state index >= 15 is 0 Å². The summed E-state index contributed by atoms with van der Waals surface area (Å²) in [5.74, 6) is -0.0286. The maximum Gasteiger partial charge on any atom is 0.246 e. The molecule has 1 fully saturated rings. The van der Waals surface area contributed by atoms with E-state index in [0.29, 0.717) is 6.61 Å². The normalized spacial score (nSPS) is 24.0. The standard InChI is InChI=1S/C18H25NO3/c1-13-5-2-6-14-7-3-9-16(18(13)14)19-17(20)12-21-11-15-8-4-10-22-15/h2,5-6,15-16H,3-4,7-12H2,1H3,(H,19,20). The van der Waals surface area contributed by atoms with Crippen molar-refractivity contribution in [3.63, 3.8) is 0 Å². The maximum absolute atomic E-state index is 12.1. The summed E-state index contributed by atoms with van der Waals surface area (Å²) >= 11 is 0. The Bertz CT molecular complexity index is 523. The molecule has 120 valence electrons. The van der Waals surface area contributed by atoms with Crippen molar-refractivity contribution < 1.29 is 14.3 Å². The monoisotopic (exact) mass is 303 g/mol. The van der Waals surface area contributed by atoms with Gasteiger partial charge in [0.05, 0.1) is 18.8 Å². The Morgan fingerprint density at radius 2 is 2.27 bits per heavy atom. The SMILES string of the molecule is Cc1cccc2c1C(NC(=O)COCC1CCCO1)CCC2. The molecule has 4 heteroatoms. The number of rotatable bonds is 5. The van der Waals surface area contributed by atoms with Crippen LogP contribution in [0.2, 0.25) is 0 Å². The van der Waals surface area contributed by atoms with Crippen LogP contribution in [-0.2, 0) is 20.7 Å². The van der Waals surface area contributed by atoms with E-state index in [1.54, 1.807) is 0 Å². The number of aryl methyl sites for hydroxylation is 2.